The van der Waals surface area contributed by atoms with E-state index in [0.29, 0.717) is 5.75 Å². The Hall–Kier alpha value is -1.81. The van der Waals surface area contributed by atoms with Crippen LogP contribution >= 0.6 is 15.9 Å². The summed E-state index contributed by atoms with van der Waals surface area (Å²) in [4.78, 5) is 12.1. The molecule has 110 valence electrons. The van der Waals surface area contributed by atoms with Crippen LogP contribution in [0.4, 0.5) is 5.69 Å². The first-order chi connectivity index (χ1) is 9.95. The molecule has 0 radical (unpaired) electrons. The molecule has 0 aliphatic rings. The number of ether oxygens (including phenoxy) is 1. The lowest BCUT2D eigenvalue weighted by atomic mass is 10.1. The largest absolute Gasteiger partial charge is 0.481 e. The van der Waals surface area contributed by atoms with E-state index in [1.165, 1.54) is 5.56 Å². The monoisotopic (exact) mass is 347 g/mol. The average molecular weight is 348 g/mol. The van der Waals surface area contributed by atoms with E-state index in [1.54, 1.807) is 6.92 Å². The second-order valence-electron chi connectivity index (χ2n) is 5.00. The molecule has 0 bridgehead atoms. The Morgan fingerprint density at radius 2 is 1.76 bits per heavy atom. The van der Waals surface area contributed by atoms with Crippen LogP contribution in [0.1, 0.15) is 18.1 Å². The topological polar surface area (TPSA) is 38.3 Å². The maximum Gasteiger partial charge on any atom is 0.265 e. The van der Waals surface area contributed by atoms with Crippen LogP contribution in [0.25, 0.3) is 0 Å². The molecule has 2 aromatic rings. The predicted molar refractivity (Wildman–Crippen MR) is 88.8 cm³/mol. The summed E-state index contributed by atoms with van der Waals surface area (Å²) in [6.07, 6.45) is -0.562. The molecule has 0 fully saturated rings. The molecule has 21 heavy (non-hydrogen) atoms. The number of halogens is 1. The number of rotatable bonds is 4. The van der Waals surface area contributed by atoms with E-state index in [1.807, 2.05) is 56.3 Å². The molecule has 0 aliphatic heterocycles. The van der Waals surface area contributed by atoms with Crippen LogP contribution in [-0.2, 0) is 4.79 Å². The van der Waals surface area contributed by atoms with Crippen LogP contribution in [0.3, 0.4) is 0 Å². The Kier molecular flexibility index (Phi) is 5.02. The van der Waals surface area contributed by atoms with Gasteiger partial charge in [0, 0.05) is 10.2 Å². The third kappa shape index (κ3) is 4.33. The van der Waals surface area contributed by atoms with Crippen LogP contribution in [-0.4, -0.2) is 12.0 Å². The smallest absolute Gasteiger partial charge is 0.265 e. The van der Waals surface area contributed by atoms with E-state index < -0.39 is 6.10 Å². The molecule has 2 rings (SSSR count). The lowest BCUT2D eigenvalue weighted by Gasteiger charge is -2.15. The van der Waals surface area contributed by atoms with Gasteiger partial charge in [0.05, 0.1) is 0 Å². The third-order valence-electron chi connectivity index (χ3n) is 3.27. The Morgan fingerprint density at radius 3 is 2.38 bits per heavy atom. The summed E-state index contributed by atoms with van der Waals surface area (Å²) >= 11 is 3.36. The van der Waals surface area contributed by atoms with Crippen molar-refractivity contribution in [2.24, 2.45) is 0 Å². The molecule has 0 unspecified atom stereocenters. The molecule has 0 aliphatic carbocycles. The number of hydrogen-bond acceptors (Lipinski definition) is 2. The number of nitrogens with one attached hydrogen (secondary N) is 1. The second-order valence-corrected chi connectivity index (χ2v) is 5.92. The summed E-state index contributed by atoms with van der Waals surface area (Å²) < 4.78 is 6.60. The maximum absolute atomic E-state index is 12.1. The summed E-state index contributed by atoms with van der Waals surface area (Å²) in [5, 5.41) is 2.87. The Bertz CT molecular complexity index is 638. The minimum Gasteiger partial charge on any atom is -0.481 e. The van der Waals surface area contributed by atoms with Crippen LogP contribution in [0.5, 0.6) is 5.75 Å². The first-order valence-electron chi connectivity index (χ1n) is 6.76. The van der Waals surface area contributed by atoms with Gasteiger partial charge >= 0.3 is 0 Å². The van der Waals surface area contributed by atoms with Crippen molar-refractivity contribution in [2.75, 3.05) is 5.32 Å². The zero-order chi connectivity index (χ0) is 15.4. The van der Waals surface area contributed by atoms with Crippen molar-refractivity contribution in [3.8, 4) is 5.75 Å². The van der Waals surface area contributed by atoms with Crippen molar-refractivity contribution in [1.82, 2.24) is 0 Å². The standard InChI is InChI=1S/C17H18BrNO2/c1-11-4-7-15(10-12(11)2)19-17(20)13(3)21-16-8-5-14(18)6-9-16/h4-10,13H,1-3H3,(H,19,20)/t13-/m0/s1. The first-order valence-corrected chi connectivity index (χ1v) is 7.55. The number of amides is 1. The molecule has 3 nitrogen and oxygen atoms in total. The Morgan fingerprint density at radius 1 is 1.10 bits per heavy atom. The minimum absolute atomic E-state index is 0.166. The van der Waals surface area contributed by atoms with E-state index >= 15 is 0 Å². The fraction of sp³-hybridized carbons (Fsp3) is 0.235. The fourth-order valence-corrected chi connectivity index (χ4v) is 2.10. The van der Waals surface area contributed by atoms with Crippen LogP contribution < -0.4 is 10.1 Å². The number of carbonyl (C=O) groups excluding carboxylic acids is 1. The molecule has 0 aromatic heterocycles. The first kappa shape index (κ1) is 15.6. The molecule has 0 heterocycles. The van der Waals surface area contributed by atoms with E-state index in [-0.39, 0.29) is 5.91 Å². The van der Waals surface area contributed by atoms with Gasteiger partial charge < -0.3 is 10.1 Å². The van der Waals surface area contributed by atoms with Crippen molar-refractivity contribution >= 4 is 27.5 Å². The number of aryl methyl sites for hydroxylation is 2. The van der Waals surface area contributed by atoms with E-state index in [4.69, 9.17) is 4.74 Å². The quantitative estimate of drug-likeness (QED) is 0.885. The second kappa shape index (κ2) is 6.76. The predicted octanol–water partition coefficient (Wildman–Crippen LogP) is 4.47. The Labute approximate surface area is 133 Å². The molecule has 4 heteroatoms. The highest BCUT2D eigenvalue weighted by Gasteiger charge is 2.15. The normalized spacial score (nSPS) is 11.8. The molecule has 0 spiro atoms. The highest BCUT2D eigenvalue weighted by Crippen LogP contribution is 2.18. The van der Waals surface area contributed by atoms with Crippen LogP contribution in [0.15, 0.2) is 46.9 Å². The van der Waals surface area contributed by atoms with E-state index in [2.05, 4.69) is 21.2 Å². The molecule has 2 aromatic carbocycles. The van der Waals surface area contributed by atoms with Gasteiger partial charge in [-0.25, -0.2) is 0 Å². The van der Waals surface area contributed by atoms with Gasteiger partial charge in [-0.2, -0.15) is 0 Å². The van der Waals surface area contributed by atoms with Gasteiger partial charge in [-0.05, 0) is 68.3 Å². The van der Waals surface area contributed by atoms with Gasteiger partial charge in [-0.1, -0.05) is 22.0 Å². The number of carbonyl (C=O) groups is 1. The third-order valence-corrected chi connectivity index (χ3v) is 3.80. The maximum atomic E-state index is 12.1. The van der Waals surface area contributed by atoms with Gasteiger partial charge in [0.15, 0.2) is 6.10 Å². The van der Waals surface area contributed by atoms with Crippen molar-refractivity contribution in [3.63, 3.8) is 0 Å². The minimum atomic E-state index is -0.562. The molecule has 1 atom stereocenters. The SMILES string of the molecule is Cc1ccc(NC(=O)[C@H](C)Oc2ccc(Br)cc2)cc1C. The molecule has 0 saturated heterocycles. The highest BCUT2D eigenvalue weighted by atomic mass is 79.9. The fourth-order valence-electron chi connectivity index (χ4n) is 1.83. The molecular formula is C17H18BrNO2. The molecule has 0 saturated carbocycles. The number of hydrogen-bond donors (Lipinski definition) is 1. The number of anilines is 1. The van der Waals surface area contributed by atoms with Crippen molar-refractivity contribution in [3.05, 3.63) is 58.1 Å². The summed E-state index contributed by atoms with van der Waals surface area (Å²) in [6, 6.07) is 13.2. The van der Waals surface area contributed by atoms with Gasteiger partial charge in [-0.3, -0.25) is 4.79 Å². The van der Waals surface area contributed by atoms with E-state index in [0.717, 1.165) is 15.7 Å². The van der Waals surface area contributed by atoms with Crippen LogP contribution in [0.2, 0.25) is 0 Å². The van der Waals surface area contributed by atoms with Crippen molar-refractivity contribution < 1.29 is 9.53 Å². The van der Waals surface area contributed by atoms with Crippen molar-refractivity contribution in [1.29, 1.82) is 0 Å². The zero-order valence-corrected chi connectivity index (χ0v) is 13.9. The molecule has 1 N–H and O–H groups in total. The summed E-state index contributed by atoms with van der Waals surface area (Å²) in [7, 11) is 0. The zero-order valence-electron chi connectivity index (χ0n) is 12.3. The highest BCUT2D eigenvalue weighted by molar-refractivity contribution is 9.10. The van der Waals surface area contributed by atoms with Crippen LogP contribution in [0, 0.1) is 13.8 Å². The van der Waals surface area contributed by atoms with Crippen molar-refractivity contribution in [2.45, 2.75) is 26.9 Å². The molecular weight excluding hydrogens is 330 g/mol. The summed E-state index contributed by atoms with van der Waals surface area (Å²) in [5.41, 5.74) is 3.13. The summed E-state index contributed by atoms with van der Waals surface area (Å²) in [5.74, 6) is 0.502. The average Bonchev–Trinajstić information content (AvgIpc) is 2.45. The molecule has 1 amide bonds. The number of benzene rings is 2. The van der Waals surface area contributed by atoms with Gasteiger partial charge in [0.2, 0.25) is 0 Å². The van der Waals surface area contributed by atoms with E-state index in [9.17, 15) is 4.79 Å². The Balaban J connectivity index is 1.98. The lowest BCUT2D eigenvalue weighted by molar-refractivity contribution is -0.122. The summed E-state index contributed by atoms with van der Waals surface area (Å²) in [6.45, 7) is 5.80. The lowest BCUT2D eigenvalue weighted by Crippen LogP contribution is -2.30. The van der Waals surface area contributed by atoms with Gasteiger partial charge in [0.1, 0.15) is 5.75 Å². The van der Waals surface area contributed by atoms with Gasteiger partial charge in [-0.15, -0.1) is 0 Å². The van der Waals surface area contributed by atoms with Gasteiger partial charge in [0.25, 0.3) is 5.91 Å².